The van der Waals surface area contributed by atoms with E-state index in [4.69, 9.17) is 5.11 Å². The van der Waals surface area contributed by atoms with E-state index in [9.17, 15) is 0 Å². The molecule has 0 bridgehead atoms. The Labute approximate surface area is 79.4 Å². The van der Waals surface area contributed by atoms with Crippen LogP contribution in [0.25, 0.3) is 6.08 Å². The summed E-state index contributed by atoms with van der Waals surface area (Å²) < 4.78 is 0. The summed E-state index contributed by atoms with van der Waals surface area (Å²) in [6, 6.07) is 7.08. The summed E-state index contributed by atoms with van der Waals surface area (Å²) in [6.45, 7) is 10.3. The highest BCUT2D eigenvalue weighted by molar-refractivity contribution is 5.54. The van der Waals surface area contributed by atoms with Crippen molar-refractivity contribution in [3.8, 4) is 5.75 Å². The monoisotopic (exact) mass is 174 g/mol. The number of hydrogen-bond acceptors (Lipinski definition) is 1. The summed E-state index contributed by atoms with van der Waals surface area (Å²) in [5.41, 5.74) is 0.775. The molecule has 1 heteroatoms. The number of rotatable bonds is 2. The lowest BCUT2D eigenvalue weighted by Gasteiger charge is -1.93. The Hall–Kier alpha value is -1.76. The molecule has 1 aromatic rings. The van der Waals surface area contributed by atoms with Gasteiger partial charge in [0.15, 0.2) is 0 Å². The van der Waals surface area contributed by atoms with Gasteiger partial charge in [-0.3, -0.25) is 0 Å². The minimum absolute atomic E-state index is 0.285. The standard InChI is InChI=1S/C8H8O.C4H6/c1-2-7-5-3-4-6-8(7)9;1-3-4-2/h2-6,9H,1H2;3-4H,1-2H2. The molecule has 0 heterocycles. The van der Waals surface area contributed by atoms with Gasteiger partial charge in [-0.2, -0.15) is 0 Å². The molecule has 0 atom stereocenters. The van der Waals surface area contributed by atoms with E-state index in [1.807, 2.05) is 12.1 Å². The molecule has 1 N–H and O–H groups in total. The second-order valence-corrected chi connectivity index (χ2v) is 2.23. The average molecular weight is 174 g/mol. The van der Waals surface area contributed by atoms with E-state index in [0.29, 0.717) is 0 Å². The Morgan fingerprint density at radius 3 is 1.85 bits per heavy atom. The number of aromatic hydroxyl groups is 1. The molecule has 13 heavy (non-hydrogen) atoms. The van der Waals surface area contributed by atoms with E-state index in [-0.39, 0.29) is 5.75 Å². The summed E-state index contributed by atoms with van der Waals surface area (Å²) in [4.78, 5) is 0. The Morgan fingerprint density at radius 1 is 1.00 bits per heavy atom. The van der Waals surface area contributed by atoms with Gasteiger partial charge >= 0.3 is 0 Å². The van der Waals surface area contributed by atoms with Crippen molar-refractivity contribution in [2.45, 2.75) is 0 Å². The second-order valence-electron chi connectivity index (χ2n) is 2.23. The highest BCUT2D eigenvalue weighted by atomic mass is 16.3. The number of hydrogen-bond donors (Lipinski definition) is 1. The van der Waals surface area contributed by atoms with Crippen LogP contribution < -0.4 is 0 Å². The zero-order chi connectivity index (χ0) is 10.1. The molecule has 0 aliphatic carbocycles. The number of para-hydroxylation sites is 1. The topological polar surface area (TPSA) is 20.2 Å². The predicted molar refractivity (Wildman–Crippen MR) is 58.6 cm³/mol. The van der Waals surface area contributed by atoms with Crippen LogP contribution in [0.1, 0.15) is 5.56 Å². The maximum Gasteiger partial charge on any atom is 0.122 e. The summed E-state index contributed by atoms with van der Waals surface area (Å²) in [5.74, 6) is 0.285. The zero-order valence-corrected chi connectivity index (χ0v) is 7.61. The fraction of sp³-hybridized carbons (Fsp3) is 0. The van der Waals surface area contributed by atoms with Gasteiger partial charge in [0, 0.05) is 5.56 Å². The molecule has 1 rings (SSSR count). The lowest BCUT2D eigenvalue weighted by Crippen LogP contribution is -1.69. The molecule has 0 spiro atoms. The zero-order valence-electron chi connectivity index (χ0n) is 7.61. The molecule has 0 saturated heterocycles. The SMILES string of the molecule is C=CC=C.C=Cc1ccccc1O. The minimum Gasteiger partial charge on any atom is -0.507 e. The van der Waals surface area contributed by atoms with Crippen molar-refractivity contribution in [2.75, 3.05) is 0 Å². The van der Waals surface area contributed by atoms with Gasteiger partial charge < -0.3 is 5.11 Å². The molecule has 0 amide bonds. The van der Waals surface area contributed by atoms with Crippen molar-refractivity contribution in [1.82, 2.24) is 0 Å². The molecule has 0 fully saturated rings. The van der Waals surface area contributed by atoms with E-state index in [0.717, 1.165) is 5.56 Å². The molecule has 1 aromatic carbocycles. The van der Waals surface area contributed by atoms with Gasteiger partial charge in [0.25, 0.3) is 0 Å². The highest BCUT2D eigenvalue weighted by Gasteiger charge is 1.89. The van der Waals surface area contributed by atoms with E-state index in [2.05, 4.69) is 19.7 Å². The first kappa shape index (κ1) is 11.2. The Kier molecular flexibility index (Phi) is 5.98. The summed E-state index contributed by atoms with van der Waals surface area (Å²) in [6.07, 6.45) is 4.90. The van der Waals surface area contributed by atoms with Crippen molar-refractivity contribution in [1.29, 1.82) is 0 Å². The third kappa shape index (κ3) is 4.64. The molecule has 0 aliphatic heterocycles. The summed E-state index contributed by atoms with van der Waals surface area (Å²) in [5, 5.41) is 9.04. The Balaban J connectivity index is 0.000000310. The molecule has 1 nitrogen and oxygen atoms in total. The van der Waals surface area contributed by atoms with Gasteiger partial charge in [-0.05, 0) is 6.07 Å². The van der Waals surface area contributed by atoms with Crippen molar-refractivity contribution in [3.63, 3.8) is 0 Å². The largest absolute Gasteiger partial charge is 0.507 e. The van der Waals surface area contributed by atoms with Gasteiger partial charge in [-0.1, -0.05) is 56.2 Å². The summed E-state index contributed by atoms with van der Waals surface area (Å²) in [7, 11) is 0. The van der Waals surface area contributed by atoms with Crippen LogP contribution in [0.15, 0.2) is 56.2 Å². The van der Waals surface area contributed by atoms with Crippen LogP contribution in [0.2, 0.25) is 0 Å². The lowest BCUT2D eigenvalue weighted by molar-refractivity contribution is 0.474. The molecule has 0 aliphatic rings. The quantitative estimate of drug-likeness (QED) is 0.681. The maximum absolute atomic E-state index is 9.04. The Morgan fingerprint density at radius 2 is 1.54 bits per heavy atom. The average Bonchev–Trinajstić information content (AvgIpc) is 2.19. The van der Waals surface area contributed by atoms with Crippen LogP contribution in [0.3, 0.4) is 0 Å². The van der Waals surface area contributed by atoms with E-state index in [1.165, 1.54) is 0 Å². The molecule has 68 valence electrons. The van der Waals surface area contributed by atoms with Crippen LogP contribution in [-0.4, -0.2) is 5.11 Å². The van der Waals surface area contributed by atoms with Gasteiger partial charge in [-0.15, -0.1) is 0 Å². The van der Waals surface area contributed by atoms with E-state index < -0.39 is 0 Å². The predicted octanol–water partition coefficient (Wildman–Crippen LogP) is 3.39. The summed E-state index contributed by atoms with van der Waals surface area (Å²) >= 11 is 0. The van der Waals surface area contributed by atoms with Crippen molar-refractivity contribution >= 4 is 6.08 Å². The van der Waals surface area contributed by atoms with Crippen LogP contribution in [0, 0.1) is 0 Å². The number of phenols is 1. The third-order valence-corrected chi connectivity index (χ3v) is 1.32. The molecule has 0 saturated carbocycles. The van der Waals surface area contributed by atoms with Crippen LogP contribution >= 0.6 is 0 Å². The van der Waals surface area contributed by atoms with Crippen molar-refractivity contribution in [2.24, 2.45) is 0 Å². The lowest BCUT2D eigenvalue weighted by atomic mass is 10.2. The van der Waals surface area contributed by atoms with Gasteiger partial charge in [0.2, 0.25) is 0 Å². The smallest absolute Gasteiger partial charge is 0.122 e. The van der Waals surface area contributed by atoms with Gasteiger partial charge in [0.05, 0.1) is 0 Å². The van der Waals surface area contributed by atoms with Gasteiger partial charge in [0.1, 0.15) is 5.75 Å². The number of phenolic OH excluding ortho intramolecular Hbond substituents is 1. The molecular weight excluding hydrogens is 160 g/mol. The first-order valence-electron chi connectivity index (χ1n) is 3.90. The van der Waals surface area contributed by atoms with Crippen molar-refractivity contribution in [3.05, 3.63) is 61.7 Å². The van der Waals surface area contributed by atoms with Crippen LogP contribution in [0.4, 0.5) is 0 Å². The minimum atomic E-state index is 0.285. The number of benzene rings is 1. The van der Waals surface area contributed by atoms with Crippen molar-refractivity contribution < 1.29 is 5.11 Å². The maximum atomic E-state index is 9.04. The normalized spacial score (nSPS) is 7.69. The van der Waals surface area contributed by atoms with Crippen LogP contribution in [0.5, 0.6) is 5.75 Å². The van der Waals surface area contributed by atoms with E-state index in [1.54, 1.807) is 30.4 Å². The van der Waals surface area contributed by atoms with E-state index >= 15 is 0 Å². The molecular formula is C12H14O. The molecule has 0 unspecified atom stereocenters. The first-order chi connectivity index (χ1) is 6.26. The molecule has 0 aromatic heterocycles. The fourth-order valence-corrected chi connectivity index (χ4v) is 0.660. The molecule has 0 radical (unpaired) electrons. The third-order valence-electron chi connectivity index (χ3n) is 1.32. The fourth-order valence-electron chi connectivity index (χ4n) is 0.660. The Bertz CT molecular complexity index is 281. The second kappa shape index (κ2) is 6.92. The highest BCUT2D eigenvalue weighted by Crippen LogP contribution is 2.15. The number of allylic oxidation sites excluding steroid dienone is 2. The van der Waals surface area contributed by atoms with Crippen LogP contribution in [-0.2, 0) is 0 Å². The first-order valence-corrected chi connectivity index (χ1v) is 3.90. The van der Waals surface area contributed by atoms with Gasteiger partial charge in [-0.25, -0.2) is 0 Å².